The van der Waals surface area contributed by atoms with E-state index in [4.69, 9.17) is 17.3 Å². The van der Waals surface area contributed by atoms with Gasteiger partial charge in [0.05, 0.1) is 27.1 Å². The summed E-state index contributed by atoms with van der Waals surface area (Å²) in [6.45, 7) is 0.658. The van der Waals surface area contributed by atoms with Crippen molar-refractivity contribution < 1.29 is 18.0 Å². The molecule has 3 rings (SSSR count). The van der Waals surface area contributed by atoms with Gasteiger partial charge in [-0.2, -0.15) is 0 Å². The van der Waals surface area contributed by atoms with Crippen molar-refractivity contribution in [3.8, 4) is 0 Å². The summed E-state index contributed by atoms with van der Waals surface area (Å²) in [5, 5.41) is 0.150. The first-order valence-electron chi connectivity index (χ1n) is 9.14. The van der Waals surface area contributed by atoms with Gasteiger partial charge in [0.2, 0.25) is 5.91 Å². The third kappa shape index (κ3) is 4.38. The number of nitrogens with two attached hydrogens (primary N) is 1. The highest BCUT2D eigenvalue weighted by Crippen LogP contribution is 2.27. The van der Waals surface area contributed by atoms with Gasteiger partial charge in [-0.05, 0) is 43.2 Å². The summed E-state index contributed by atoms with van der Waals surface area (Å²) in [5.74, 6) is -1.28. The van der Waals surface area contributed by atoms with Crippen LogP contribution < -0.4 is 10.0 Å². The molecule has 1 heterocycles. The summed E-state index contributed by atoms with van der Waals surface area (Å²) in [4.78, 5) is 25.9. The van der Waals surface area contributed by atoms with E-state index in [1.54, 1.807) is 30.3 Å². The Kier molecular flexibility index (Phi) is 6.14. The topological polar surface area (TPSA) is 101 Å². The number of carbonyl (C=O) groups is 2. The minimum Gasteiger partial charge on any atom is -0.369 e. The zero-order valence-electron chi connectivity index (χ0n) is 15.9. The molecule has 0 spiro atoms. The predicted molar refractivity (Wildman–Crippen MR) is 111 cm³/mol. The smallest absolute Gasteiger partial charge is 0.264 e. The number of hydrogen-bond acceptors (Lipinski definition) is 4. The number of nitrogens with zero attached hydrogens (tertiary/aromatic N) is 2. The molecule has 1 aliphatic rings. The van der Waals surface area contributed by atoms with Gasteiger partial charge in [-0.25, -0.2) is 8.42 Å². The molecule has 154 valence electrons. The van der Waals surface area contributed by atoms with Crippen molar-refractivity contribution in [3.05, 3.63) is 59.1 Å². The molecule has 0 aromatic heterocycles. The van der Waals surface area contributed by atoms with E-state index in [0.29, 0.717) is 25.1 Å². The van der Waals surface area contributed by atoms with Gasteiger partial charge in [0, 0.05) is 20.1 Å². The van der Waals surface area contributed by atoms with Crippen LogP contribution >= 0.6 is 11.6 Å². The lowest BCUT2D eigenvalue weighted by molar-refractivity contribution is -0.123. The van der Waals surface area contributed by atoms with E-state index < -0.39 is 27.8 Å². The van der Waals surface area contributed by atoms with Crippen LogP contribution in [0, 0.1) is 5.92 Å². The average molecular weight is 436 g/mol. The van der Waals surface area contributed by atoms with E-state index in [1.807, 2.05) is 0 Å². The molecule has 0 bridgehead atoms. The minimum absolute atomic E-state index is 0.0416. The molecule has 2 aromatic carbocycles. The summed E-state index contributed by atoms with van der Waals surface area (Å²) in [6.07, 6.45) is 1.27. The zero-order chi connectivity index (χ0) is 21.2. The van der Waals surface area contributed by atoms with Gasteiger partial charge in [0.15, 0.2) is 0 Å². The number of amides is 2. The molecule has 7 nitrogen and oxygen atoms in total. The van der Waals surface area contributed by atoms with E-state index in [-0.39, 0.29) is 22.0 Å². The molecular formula is C20H22ClN3O4S. The summed E-state index contributed by atoms with van der Waals surface area (Å²) in [7, 11) is -2.44. The fourth-order valence-corrected chi connectivity index (χ4v) is 4.75. The van der Waals surface area contributed by atoms with Gasteiger partial charge in [-0.15, -0.1) is 0 Å². The number of likely N-dealkylation sites (tertiary alicyclic amines) is 1. The Hall–Kier alpha value is -2.58. The second-order valence-corrected chi connectivity index (χ2v) is 9.32. The molecule has 1 unspecified atom stereocenters. The monoisotopic (exact) mass is 435 g/mol. The van der Waals surface area contributed by atoms with E-state index in [1.165, 1.54) is 30.1 Å². The maximum Gasteiger partial charge on any atom is 0.264 e. The maximum atomic E-state index is 13.0. The van der Waals surface area contributed by atoms with Crippen LogP contribution in [-0.4, -0.2) is 45.3 Å². The van der Waals surface area contributed by atoms with Crippen LogP contribution in [0.3, 0.4) is 0 Å². The minimum atomic E-state index is -3.89. The lowest BCUT2D eigenvalue weighted by Gasteiger charge is -2.31. The Balaban J connectivity index is 1.92. The first kappa shape index (κ1) is 21.1. The average Bonchev–Trinajstić information content (AvgIpc) is 2.73. The Bertz CT molecular complexity index is 1030. The normalized spacial score (nSPS) is 17.0. The van der Waals surface area contributed by atoms with Gasteiger partial charge in [-0.3, -0.25) is 13.9 Å². The van der Waals surface area contributed by atoms with E-state index in [0.717, 1.165) is 4.31 Å². The quantitative estimate of drug-likeness (QED) is 0.779. The van der Waals surface area contributed by atoms with Crippen molar-refractivity contribution in [1.82, 2.24) is 4.90 Å². The molecule has 2 amide bonds. The summed E-state index contributed by atoms with van der Waals surface area (Å²) >= 11 is 6.21. The molecule has 9 heteroatoms. The molecule has 0 aliphatic carbocycles. The van der Waals surface area contributed by atoms with Crippen LogP contribution in [-0.2, 0) is 14.8 Å². The third-order valence-electron chi connectivity index (χ3n) is 5.06. The lowest BCUT2D eigenvalue weighted by atomic mass is 9.97. The second-order valence-electron chi connectivity index (χ2n) is 6.94. The molecule has 1 fully saturated rings. The Labute approximate surface area is 175 Å². The number of primary amides is 1. The highest BCUT2D eigenvalue weighted by atomic mass is 35.5. The van der Waals surface area contributed by atoms with Gasteiger partial charge >= 0.3 is 0 Å². The summed E-state index contributed by atoms with van der Waals surface area (Å²) in [6, 6.07) is 12.7. The Morgan fingerprint density at radius 3 is 2.52 bits per heavy atom. The van der Waals surface area contributed by atoms with Crippen LogP contribution in [0.5, 0.6) is 0 Å². The Morgan fingerprint density at radius 2 is 1.86 bits per heavy atom. The number of carbonyl (C=O) groups excluding carboxylic acids is 2. The molecule has 29 heavy (non-hydrogen) atoms. The van der Waals surface area contributed by atoms with Crippen molar-refractivity contribution in [2.45, 2.75) is 17.7 Å². The number of benzene rings is 2. The van der Waals surface area contributed by atoms with Gasteiger partial charge in [0.1, 0.15) is 0 Å². The van der Waals surface area contributed by atoms with E-state index >= 15 is 0 Å². The molecular weight excluding hydrogens is 414 g/mol. The molecule has 2 N–H and O–H groups in total. The molecule has 1 atom stereocenters. The fourth-order valence-electron chi connectivity index (χ4n) is 3.33. The molecule has 0 saturated carbocycles. The second kappa shape index (κ2) is 8.42. The number of sulfonamides is 1. The highest BCUT2D eigenvalue weighted by Gasteiger charge is 2.30. The number of para-hydroxylation sites is 1. The summed E-state index contributed by atoms with van der Waals surface area (Å²) in [5.41, 5.74) is 5.96. The van der Waals surface area contributed by atoms with Crippen molar-refractivity contribution in [1.29, 1.82) is 0 Å². The van der Waals surface area contributed by atoms with Crippen molar-refractivity contribution in [3.63, 3.8) is 0 Å². The standard InChI is InChI=1S/C20H22ClN3O4S/c1-23(15-7-3-2-4-8-15)29(27,28)16-9-10-18(21)17(12-16)20(26)24-11-5-6-14(13-24)19(22)25/h2-4,7-10,12,14H,5-6,11,13H2,1H3,(H2,22,25). The predicted octanol–water partition coefficient (Wildman–Crippen LogP) is 2.50. The molecule has 2 aromatic rings. The number of anilines is 1. The van der Waals surface area contributed by atoms with E-state index in [9.17, 15) is 18.0 Å². The number of halogens is 1. The number of piperidine rings is 1. The molecule has 1 aliphatic heterocycles. The highest BCUT2D eigenvalue weighted by molar-refractivity contribution is 7.92. The lowest BCUT2D eigenvalue weighted by Crippen LogP contribution is -2.44. The van der Waals surface area contributed by atoms with Gasteiger partial charge in [-0.1, -0.05) is 29.8 Å². The van der Waals surface area contributed by atoms with Crippen LogP contribution in [0.15, 0.2) is 53.4 Å². The first-order chi connectivity index (χ1) is 13.7. The van der Waals surface area contributed by atoms with E-state index in [2.05, 4.69) is 0 Å². The van der Waals surface area contributed by atoms with Crippen LogP contribution in [0.4, 0.5) is 5.69 Å². The zero-order valence-corrected chi connectivity index (χ0v) is 17.5. The Morgan fingerprint density at radius 1 is 1.17 bits per heavy atom. The first-order valence-corrected chi connectivity index (χ1v) is 11.0. The van der Waals surface area contributed by atoms with Gasteiger partial charge in [0.25, 0.3) is 15.9 Å². The maximum absolute atomic E-state index is 13.0. The van der Waals surface area contributed by atoms with Crippen LogP contribution in [0.25, 0.3) is 0 Å². The van der Waals surface area contributed by atoms with Crippen molar-refractivity contribution in [2.75, 3.05) is 24.4 Å². The van der Waals surface area contributed by atoms with Crippen molar-refractivity contribution in [2.24, 2.45) is 11.7 Å². The molecule has 0 radical (unpaired) electrons. The summed E-state index contributed by atoms with van der Waals surface area (Å²) < 4.78 is 27.2. The SMILES string of the molecule is CN(c1ccccc1)S(=O)(=O)c1ccc(Cl)c(C(=O)N2CCCC(C(N)=O)C2)c1. The number of rotatable bonds is 5. The third-order valence-corrected chi connectivity index (χ3v) is 7.17. The fraction of sp³-hybridized carbons (Fsp3) is 0.300. The van der Waals surface area contributed by atoms with Crippen LogP contribution in [0.1, 0.15) is 23.2 Å². The largest absolute Gasteiger partial charge is 0.369 e. The number of hydrogen-bond donors (Lipinski definition) is 1. The van der Waals surface area contributed by atoms with Gasteiger partial charge < -0.3 is 10.6 Å². The van der Waals surface area contributed by atoms with Crippen molar-refractivity contribution >= 4 is 39.1 Å². The van der Waals surface area contributed by atoms with Crippen LogP contribution in [0.2, 0.25) is 5.02 Å². The molecule has 1 saturated heterocycles.